The Morgan fingerprint density at radius 3 is 2.42 bits per heavy atom. The normalized spacial score (nSPS) is 12.1. The van der Waals surface area contributed by atoms with Gasteiger partial charge in [0, 0.05) is 26.1 Å². The number of likely N-dealkylation sites (N-methyl/N-ethyl adjacent to an activating group) is 1. The van der Waals surface area contributed by atoms with E-state index < -0.39 is 16.1 Å². The van der Waals surface area contributed by atoms with E-state index >= 15 is 0 Å². The summed E-state index contributed by atoms with van der Waals surface area (Å²) in [5.41, 5.74) is 3.27. The molecule has 36 heavy (non-hydrogen) atoms. The third-order valence-electron chi connectivity index (χ3n) is 6.01. The first-order chi connectivity index (χ1) is 17.0. The van der Waals surface area contributed by atoms with Crippen LogP contribution in [0.2, 0.25) is 0 Å². The van der Waals surface area contributed by atoms with Crippen LogP contribution in [0.3, 0.4) is 0 Å². The van der Waals surface area contributed by atoms with Crippen LogP contribution in [-0.4, -0.2) is 57.6 Å². The fourth-order valence-electron chi connectivity index (χ4n) is 4.15. The van der Waals surface area contributed by atoms with E-state index in [9.17, 15) is 18.0 Å². The minimum absolute atomic E-state index is 0.108. The molecule has 0 spiro atoms. The number of nitrogens with zero attached hydrogens (tertiary/aromatic N) is 2. The summed E-state index contributed by atoms with van der Waals surface area (Å²) in [5.74, 6) is 0.262. The zero-order valence-corrected chi connectivity index (χ0v) is 23.0. The molecule has 1 N–H and O–H groups in total. The highest BCUT2D eigenvalue weighted by atomic mass is 32.2. The molecule has 8 nitrogen and oxygen atoms in total. The quantitative estimate of drug-likeness (QED) is 0.436. The van der Waals surface area contributed by atoms with E-state index in [2.05, 4.69) is 5.32 Å². The predicted octanol–water partition coefficient (Wildman–Crippen LogP) is 3.80. The Kier molecular flexibility index (Phi) is 10.8. The molecule has 0 aliphatic heterocycles. The maximum atomic E-state index is 13.4. The van der Waals surface area contributed by atoms with Gasteiger partial charge in [-0.05, 0) is 68.5 Å². The number of aryl methyl sites for hydroxylation is 2. The number of rotatable bonds is 13. The molecule has 2 aromatic carbocycles. The van der Waals surface area contributed by atoms with Crippen LogP contribution < -0.4 is 14.4 Å². The van der Waals surface area contributed by atoms with Gasteiger partial charge < -0.3 is 15.0 Å². The number of amides is 2. The van der Waals surface area contributed by atoms with Gasteiger partial charge >= 0.3 is 0 Å². The molecule has 0 aliphatic carbocycles. The number of hydrogen-bond donors (Lipinski definition) is 1. The Hall–Kier alpha value is -3.07. The average Bonchev–Trinajstić information content (AvgIpc) is 2.83. The lowest BCUT2D eigenvalue weighted by atomic mass is 10.1. The van der Waals surface area contributed by atoms with Crippen LogP contribution in [0, 0.1) is 13.8 Å². The fourth-order valence-corrected chi connectivity index (χ4v) is 5.16. The molecule has 2 rings (SSSR count). The highest BCUT2D eigenvalue weighted by Crippen LogP contribution is 2.25. The van der Waals surface area contributed by atoms with Crippen LogP contribution in [0.4, 0.5) is 5.69 Å². The van der Waals surface area contributed by atoms with Gasteiger partial charge in [-0.1, -0.05) is 31.2 Å². The second-order valence-corrected chi connectivity index (χ2v) is 10.8. The van der Waals surface area contributed by atoms with Crippen molar-refractivity contribution in [3.8, 4) is 5.75 Å². The van der Waals surface area contributed by atoms with Gasteiger partial charge in [0.15, 0.2) is 0 Å². The van der Waals surface area contributed by atoms with Crippen molar-refractivity contribution in [1.82, 2.24) is 10.2 Å². The standard InChI is InChI=1S/C27H39N3O5S/c1-7-24(27(32)28-8-2)29(19-22-11-9-12-23(18-22)35-5)26(31)13-10-16-30(36(6,33)34)25-17-20(3)14-15-21(25)4/h9,11-12,14-15,17-18,24H,7-8,10,13,16,19H2,1-6H3,(H,28,32)/t24-/m0/s1. The third kappa shape index (κ3) is 7.98. The molecule has 2 amide bonds. The van der Waals surface area contributed by atoms with E-state index in [1.807, 2.05) is 70.2 Å². The number of nitrogens with one attached hydrogen (secondary N) is 1. The first-order valence-corrected chi connectivity index (χ1v) is 14.1. The zero-order chi connectivity index (χ0) is 26.9. The number of ether oxygens (including phenoxy) is 1. The van der Waals surface area contributed by atoms with Crippen LogP contribution in [0.25, 0.3) is 0 Å². The largest absolute Gasteiger partial charge is 0.497 e. The van der Waals surface area contributed by atoms with Crippen molar-refractivity contribution >= 4 is 27.5 Å². The molecule has 198 valence electrons. The van der Waals surface area contributed by atoms with Crippen LogP contribution in [0.5, 0.6) is 5.75 Å². The molecular weight excluding hydrogens is 478 g/mol. The SMILES string of the molecule is CCNC(=O)[C@H](CC)N(Cc1cccc(OC)c1)C(=O)CCCN(c1cc(C)ccc1C)S(C)(=O)=O. The molecule has 0 saturated heterocycles. The molecule has 0 unspecified atom stereocenters. The molecule has 9 heteroatoms. The summed E-state index contributed by atoms with van der Waals surface area (Å²) in [5, 5.41) is 2.82. The average molecular weight is 518 g/mol. The van der Waals surface area contributed by atoms with E-state index in [4.69, 9.17) is 4.74 Å². The summed E-state index contributed by atoms with van der Waals surface area (Å²) >= 11 is 0. The number of anilines is 1. The Labute approximate surface area is 215 Å². The third-order valence-corrected chi connectivity index (χ3v) is 7.19. The van der Waals surface area contributed by atoms with Gasteiger partial charge in [-0.3, -0.25) is 13.9 Å². The van der Waals surface area contributed by atoms with Crippen molar-refractivity contribution in [2.75, 3.05) is 30.8 Å². The van der Waals surface area contributed by atoms with Gasteiger partial charge in [0.2, 0.25) is 21.8 Å². The molecule has 1 atom stereocenters. The van der Waals surface area contributed by atoms with Crippen LogP contribution in [0.15, 0.2) is 42.5 Å². The van der Waals surface area contributed by atoms with Crippen molar-refractivity contribution in [2.24, 2.45) is 0 Å². The molecule has 0 aliphatic rings. The molecule has 2 aromatic rings. The predicted molar refractivity (Wildman–Crippen MR) is 144 cm³/mol. The number of benzene rings is 2. The first-order valence-electron chi connectivity index (χ1n) is 12.3. The molecule has 0 bridgehead atoms. The number of carbonyl (C=O) groups is 2. The lowest BCUT2D eigenvalue weighted by Crippen LogP contribution is -2.49. The van der Waals surface area contributed by atoms with E-state index in [-0.39, 0.29) is 31.3 Å². The summed E-state index contributed by atoms with van der Waals surface area (Å²) in [6, 6.07) is 12.4. The second kappa shape index (κ2) is 13.3. The smallest absolute Gasteiger partial charge is 0.242 e. The van der Waals surface area contributed by atoms with Crippen molar-refractivity contribution in [1.29, 1.82) is 0 Å². The Morgan fingerprint density at radius 1 is 1.08 bits per heavy atom. The van der Waals surface area contributed by atoms with Gasteiger partial charge in [-0.2, -0.15) is 0 Å². The summed E-state index contributed by atoms with van der Waals surface area (Å²) in [6.45, 7) is 8.37. The van der Waals surface area contributed by atoms with Crippen LogP contribution in [-0.2, 0) is 26.2 Å². The summed E-state index contributed by atoms with van der Waals surface area (Å²) in [6.07, 6.45) is 2.06. The topological polar surface area (TPSA) is 96.0 Å². The Balaban J connectivity index is 2.25. The van der Waals surface area contributed by atoms with Gasteiger partial charge in [0.25, 0.3) is 0 Å². The summed E-state index contributed by atoms with van der Waals surface area (Å²) < 4.78 is 31.8. The van der Waals surface area contributed by atoms with Gasteiger partial charge in [0.05, 0.1) is 19.1 Å². The van der Waals surface area contributed by atoms with Crippen molar-refractivity contribution in [2.45, 2.75) is 59.5 Å². The molecule has 0 fully saturated rings. The molecular formula is C27H39N3O5S. The Morgan fingerprint density at radius 2 is 1.81 bits per heavy atom. The number of methoxy groups -OCH3 is 1. The van der Waals surface area contributed by atoms with E-state index in [0.29, 0.717) is 30.8 Å². The van der Waals surface area contributed by atoms with E-state index in [1.54, 1.807) is 12.0 Å². The second-order valence-electron chi connectivity index (χ2n) is 8.92. The van der Waals surface area contributed by atoms with Crippen LogP contribution >= 0.6 is 0 Å². The van der Waals surface area contributed by atoms with Crippen LogP contribution in [0.1, 0.15) is 49.8 Å². The van der Waals surface area contributed by atoms with Gasteiger partial charge in [-0.15, -0.1) is 0 Å². The minimum atomic E-state index is -3.54. The number of carbonyl (C=O) groups excluding carboxylic acids is 2. The summed E-state index contributed by atoms with van der Waals surface area (Å²) in [7, 11) is -1.96. The highest BCUT2D eigenvalue weighted by molar-refractivity contribution is 7.92. The van der Waals surface area contributed by atoms with Crippen molar-refractivity contribution in [3.63, 3.8) is 0 Å². The van der Waals surface area contributed by atoms with E-state index in [1.165, 1.54) is 10.6 Å². The maximum absolute atomic E-state index is 13.4. The minimum Gasteiger partial charge on any atom is -0.497 e. The molecule has 0 radical (unpaired) electrons. The zero-order valence-electron chi connectivity index (χ0n) is 22.2. The maximum Gasteiger partial charge on any atom is 0.242 e. The molecule has 0 saturated carbocycles. The van der Waals surface area contributed by atoms with Crippen molar-refractivity contribution in [3.05, 3.63) is 59.2 Å². The monoisotopic (exact) mass is 517 g/mol. The van der Waals surface area contributed by atoms with Gasteiger partial charge in [0.1, 0.15) is 11.8 Å². The summed E-state index contributed by atoms with van der Waals surface area (Å²) in [4.78, 5) is 27.8. The lowest BCUT2D eigenvalue weighted by molar-refractivity contribution is -0.141. The lowest BCUT2D eigenvalue weighted by Gasteiger charge is -2.31. The molecule has 0 aromatic heterocycles. The molecule has 0 heterocycles. The van der Waals surface area contributed by atoms with E-state index in [0.717, 1.165) is 16.7 Å². The van der Waals surface area contributed by atoms with Gasteiger partial charge in [-0.25, -0.2) is 8.42 Å². The van der Waals surface area contributed by atoms with Crippen molar-refractivity contribution < 1.29 is 22.7 Å². The first kappa shape index (κ1) is 29.2. The number of hydrogen-bond acceptors (Lipinski definition) is 5. The Bertz CT molecular complexity index is 1150. The highest BCUT2D eigenvalue weighted by Gasteiger charge is 2.28. The number of sulfonamides is 1. The fraction of sp³-hybridized carbons (Fsp3) is 0.481.